The Hall–Kier alpha value is -1.36. The van der Waals surface area contributed by atoms with Crippen LogP contribution in [0.4, 0.5) is 0 Å². The molecule has 0 aliphatic rings. The maximum atomic E-state index is 10.7. The molecule has 0 aromatic carbocycles. The topological polar surface area (TPSA) is 83.6 Å². The van der Waals surface area contributed by atoms with E-state index in [4.69, 9.17) is 10.8 Å². The van der Waals surface area contributed by atoms with Gasteiger partial charge in [-0.1, -0.05) is 12.5 Å². The highest BCUT2D eigenvalue weighted by molar-refractivity contribution is 5.77. The highest BCUT2D eigenvalue weighted by atomic mass is 16.4. The SMILES string of the molecule is C=CCCCCCN(CC(N)=O)CC(=O)O. The fourth-order valence-electron chi connectivity index (χ4n) is 1.43. The van der Waals surface area contributed by atoms with Crippen LogP contribution in [-0.2, 0) is 9.59 Å². The van der Waals surface area contributed by atoms with Gasteiger partial charge in [-0.15, -0.1) is 6.58 Å². The summed E-state index contributed by atoms with van der Waals surface area (Å²) in [5.41, 5.74) is 5.03. The first-order valence-corrected chi connectivity index (χ1v) is 5.39. The normalized spacial score (nSPS) is 10.3. The average Bonchev–Trinajstić information content (AvgIpc) is 2.15. The van der Waals surface area contributed by atoms with E-state index >= 15 is 0 Å². The van der Waals surface area contributed by atoms with Crippen LogP contribution in [0.15, 0.2) is 12.7 Å². The van der Waals surface area contributed by atoms with Crippen LogP contribution in [0.25, 0.3) is 0 Å². The fourth-order valence-corrected chi connectivity index (χ4v) is 1.43. The number of nitrogens with zero attached hydrogens (tertiary/aromatic N) is 1. The summed E-state index contributed by atoms with van der Waals surface area (Å²) in [7, 11) is 0. The summed E-state index contributed by atoms with van der Waals surface area (Å²) in [5.74, 6) is -1.43. The Morgan fingerprint density at radius 3 is 2.44 bits per heavy atom. The zero-order chi connectivity index (χ0) is 12.4. The molecule has 0 aliphatic heterocycles. The highest BCUT2D eigenvalue weighted by Gasteiger charge is 2.11. The Kier molecular flexibility index (Phi) is 8.15. The van der Waals surface area contributed by atoms with Crippen molar-refractivity contribution in [2.24, 2.45) is 5.73 Å². The summed E-state index contributed by atoms with van der Waals surface area (Å²) in [5, 5.41) is 8.63. The largest absolute Gasteiger partial charge is 0.480 e. The third-order valence-electron chi connectivity index (χ3n) is 2.12. The van der Waals surface area contributed by atoms with Gasteiger partial charge in [0.1, 0.15) is 0 Å². The second-order valence-corrected chi connectivity index (χ2v) is 3.71. The number of carboxylic acid groups (broad SMARTS) is 1. The zero-order valence-corrected chi connectivity index (χ0v) is 9.52. The second kappa shape index (κ2) is 8.91. The van der Waals surface area contributed by atoms with Gasteiger partial charge in [-0.05, 0) is 25.8 Å². The minimum Gasteiger partial charge on any atom is -0.480 e. The number of aliphatic carboxylic acids is 1. The molecule has 0 fully saturated rings. The molecule has 0 aromatic rings. The molecule has 16 heavy (non-hydrogen) atoms. The lowest BCUT2D eigenvalue weighted by Gasteiger charge is -2.17. The van der Waals surface area contributed by atoms with E-state index in [2.05, 4.69) is 6.58 Å². The minimum atomic E-state index is -0.938. The lowest BCUT2D eigenvalue weighted by Crippen LogP contribution is -2.37. The Labute approximate surface area is 95.9 Å². The van der Waals surface area contributed by atoms with Crippen molar-refractivity contribution in [2.75, 3.05) is 19.6 Å². The maximum Gasteiger partial charge on any atom is 0.317 e. The van der Waals surface area contributed by atoms with Gasteiger partial charge in [0, 0.05) is 0 Å². The summed E-state index contributed by atoms with van der Waals surface area (Å²) in [6.07, 6.45) is 5.74. The number of carbonyl (C=O) groups excluding carboxylic acids is 1. The molecule has 0 radical (unpaired) electrons. The van der Waals surface area contributed by atoms with Gasteiger partial charge in [0.25, 0.3) is 0 Å². The van der Waals surface area contributed by atoms with Crippen LogP contribution in [0.2, 0.25) is 0 Å². The van der Waals surface area contributed by atoms with E-state index in [0.29, 0.717) is 6.54 Å². The first-order chi connectivity index (χ1) is 7.56. The van der Waals surface area contributed by atoms with Crippen LogP contribution in [0, 0.1) is 0 Å². The summed E-state index contributed by atoms with van der Waals surface area (Å²) in [6.45, 7) is 4.09. The van der Waals surface area contributed by atoms with Crippen LogP contribution in [0.1, 0.15) is 25.7 Å². The molecule has 0 aromatic heterocycles. The number of carboxylic acids is 1. The van der Waals surface area contributed by atoms with Crippen LogP contribution >= 0.6 is 0 Å². The van der Waals surface area contributed by atoms with E-state index in [1.165, 1.54) is 0 Å². The van der Waals surface area contributed by atoms with Crippen molar-refractivity contribution in [3.8, 4) is 0 Å². The molecule has 1 amide bonds. The summed E-state index contributed by atoms with van der Waals surface area (Å²) < 4.78 is 0. The van der Waals surface area contributed by atoms with Crippen LogP contribution < -0.4 is 5.73 Å². The van der Waals surface area contributed by atoms with Crippen molar-refractivity contribution >= 4 is 11.9 Å². The fraction of sp³-hybridized carbons (Fsp3) is 0.636. The van der Waals surface area contributed by atoms with Gasteiger partial charge in [-0.25, -0.2) is 0 Å². The number of hydrogen-bond donors (Lipinski definition) is 2. The van der Waals surface area contributed by atoms with Crippen molar-refractivity contribution in [2.45, 2.75) is 25.7 Å². The quantitative estimate of drug-likeness (QED) is 0.424. The molecule has 0 rings (SSSR count). The predicted octanol–water partition coefficient (Wildman–Crippen LogP) is 0.605. The molecule has 0 saturated heterocycles. The number of carbonyl (C=O) groups is 2. The Morgan fingerprint density at radius 1 is 1.25 bits per heavy atom. The molecule has 5 heteroatoms. The number of allylic oxidation sites excluding steroid dienone is 1. The minimum absolute atomic E-state index is 0.00770. The van der Waals surface area contributed by atoms with Gasteiger partial charge in [0.2, 0.25) is 5.91 Å². The lowest BCUT2D eigenvalue weighted by molar-refractivity contribution is -0.138. The van der Waals surface area contributed by atoms with Crippen LogP contribution in [-0.4, -0.2) is 41.5 Å². The Bertz CT molecular complexity index is 225. The number of amides is 1. The third-order valence-corrected chi connectivity index (χ3v) is 2.12. The van der Waals surface area contributed by atoms with E-state index in [1.54, 1.807) is 4.90 Å². The zero-order valence-electron chi connectivity index (χ0n) is 9.52. The van der Waals surface area contributed by atoms with Gasteiger partial charge in [0.05, 0.1) is 13.1 Å². The standard InChI is InChI=1S/C11H20N2O3/c1-2-3-4-5-6-7-13(8-10(12)14)9-11(15)16/h2H,1,3-9H2,(H2,12,14)(H,15,16). The van der Waals surface area contributed by atoms with Crippen molar-refractivity contribution < 1.29 is 14.7 Å². The molecule has 3 N–H and O–H groups in total. The molecule has 0 bridgehead atoms. The van der Waals surface area contributed by atoms with Crippen LogP contribution in [0.5, 0.6) is 0 Å². The third kappa shape index (κ3) is 9.21. The van der Waals surface area contributed by atoms with Crippen molar-refractivity contribution in [1.82, 2.24) is 4.90 Å². The number of rotatable bonds is 10. The molecule has 0 saturated carbocycles. The van der Waals surface area contributed by atoms with E-state index in [9.17, 15) is 9.59 Å². The van der Waals surface area contributed by atoms with Crippen molar-refractivity contribution in [3.05, 3.63) is 12.7 Å². The van der Waals surface area contributed by atoms with Gasteiger partial charge in [-0.2, -0.15) is 0 Å². The van der Waals surface area contributed by atoms with E-state index in [0.717, 1.165) is 25.7 Å². The number of nitrogens with two attached hydrogens (primary N) is 1. The highest BCUT2D eigenvalue weighted by Crippen LogP contribution is 2.02. The maximum absolute atomic E-state index is 10.7. The number of primary amides is 1. The predicted molar refractivity (Wildman–Crippen MR) is 61.9 cm³/mol. The molecular weight excluding hydrogens is 208 g/mol. The van der Waals surface area contributed by atoms with Crippen LogP contribution in [0.3, 0.4) is 0 Å². The second-order valence-electron chi connectivity index (χ2n) is 3.71. The molecule has 92 valence electrons. The average molecular weight is 228 g/mol. The number of hydrogen-bond acceptors (Lipinski definition) is 3. The summed E-state index contributed by atoms with van der Waals surface area (Å²) in [6, 6.07) is 0. The first-order valence-electron chi connectivity index (χ1n) is 5.39. The lowest BCUT2D eigenvalue weighted by atomic mass is 10.2. The number of unbranched alkanes of at least 4 members (excludes halogenated alkanes) is 3. The molecule has 0 unspecified atom stereocenters. The Morgan fingerprint density at radius 2 is 1.94 bits per heavy atom. The molecule has 0 atom stereocenters. The van der Waals surface area contributed by atoms with Crippen molar-refractivity contribution in [3.63, 3.8) is 0 Å². The smallest absolute Gasteiger partial charge is 0.317 e. The molecule has 5 nitrogen and oxygen atoms in total. The molecular formula is C11H20N2O3. The van der Waals surface area contributed by atoms with E-state index in [-0.39, 0.29) is 13.1 Å². The molecule has 0 heterocycles. The molecule has 0 aliphatic carbocycles. The first kappa shape index (κ1) is 14.6. The summed E-state index contributed by atoms with van der Waals surface area (Å²) in [4.78, 5) is 22.8. The summed E-state index contributed by atoms with van der Waals surface area (Å²) >= 11 is 0. The monoisotopic (exact) mass is 228 g/mol. The van der Waals surface area contributed by atoms with Gasteiger partial charge in [-0.3, -0.25) is 14.5 Å². The molecule has 0 spiro atoms. The van der Waals surface area contributed by atoms with Gasteiger partial charge >= 0.3 is 5.97 Å². The van der Waals surface area contributed by atoms with Crippen molar-refractivity contribution in [1.29, 1.82) is 0 Å². The Balaban J connectivity index is 3.77. The van der Waals surface area contributed by atoms with E-state index < -0.39 is 11.9 Å². The van der Waals surface area contributed by atoms with Gasteiger partial charge in [0.15, 0.2) is 0 Å². The van der Waals surface area contributed by atoms with Gasteiger partial charge < -0.3 is 10.8 Å². The van der Waals surface area contributed by atoms with E-state index in [1.807, 2.05) is 6.08 Å².